The normalized spacial score (nSPS) is 27.0. The summed E-state index contributed by atoms with van der Waals surface area (Å²) >= 11 is 0. The maximum absolute atomic E-state index is 13.1. The monoisotopic (exact) mass is 365 g/mol. The van der Waals surface area contributed by atoms with Gasteiger partial charge in [-0.3, -0.25) is 0 Å². The standard InChI is InChI=1S/C18H22F3N5/c1-23-6-8-25(9-7-23)16-17-24(2)12-26(17)15(11-22-16)13-4-3-5-14(10-13)18(19,20)21/h3,5,10-11H,4,6-9,12H2,1-2H3. The van der Waals surface area contributed by atoms with Gasteiger partial charge in [0.1, 0.15) is 0 Å². The van der Waals surface area contributed by atoms with Crippen molar-refractivity contribution in [3.63, 3.8) is 0 Å². The molecule has 0 aromatic rings. The first-order valence-corrected chi connectivity index (χ1v) is 8.73. The average Bonchev–Trinajstić information content (AvgIpc) is 2.60. The molecule has 0 N–H and O–H groups in total. The molecule has 0 spiro atoms. The summed E-state index contributed by atoms with van der Waals surface area (Å²) in [7, 11) is 4.09. The van der Waals surface area contributed by atoms with Gasteiger partial charge in [-0.05, 0) is 25.1 Å². The minimum Gasteiger partial charge on any atom is -0.351 e. The Morgan fingerprint density at radius 1 is 1.08 bits per heavy atom. The molecule has 0 amide bonds. The molecule has 1 aliphatic carbocycles. The molecule has 3 heterocycles. The summed E-state index contributed by atoms with van der Waals surface area (Å²) < 4.78 is 39.2. The lowest BCUT2D eigenvalue weighted by Crippen LogP contribution is -2.55. The molecule has 2 fully saturated rings. The molecule has 0 bridgehead atoms. The first-order chi connectivity index (χ1) is 12.3. The fourth-order valence-corrected chi connectivity index (χ4v) is 3.67. The molecular formula is C18H22F3N5. The summed E-state index contributed by atoms with van der Waals surface area (Å²) in [5, 5.41) is 0. The van der Waals surface area contributed by atoms with Gasteiger partial charge in [-0.15, -0.1) is 0 Å². The largest absolute Gasteiger partial charge is 0.416 e. The molecule has 2 saturated heterocycles. The summed E-state index contributed by atoms with van der Waals surface area (Å²) in [5.41, 5.74) is 0.817. The van der Waals surface area contributed by atoms with Crippen LogP contribution in [0.1, 0.15) is 6.42 Å². The minimum absolute atomic E-state index is 0.484. The number of hydrogen-bond acceptors (Lipinski definition) is 5. The van der Waals surface area contributed by atoms with E-state index in [1.807, 2.05) is 7.05 Å². The van der Waals surface area contributed by atoms with Gasteiger partial charge in [0.25, 0.3) is 0 Å². The number of nitrogens with zero attached hydrogens (tertiary/aromatic N) is 5. The molecule has 4 aliphatic rings. The first-order valence-electron chi connectivity index (χ1n) is 8.73. The van der Waals surface area contributed by atoms with Gasteiger partial charge in [-0.2, -0.15) is 13.2 Å². The molecule has 0 aromatic heterocycles. The van der Waals surface area contributed by atoms with Crippen LogP contribution < -0.4 is 0 Å². The first kappa shape index (κ1) is 17.2. The number of fused-ring (bicyclic) bond motifs is 1. The van der Waals surface area contributed by atoms with Crippen molar-refractivity contribution >= 4 is 6.21 Å². The van der Waals surface area contributed by atoms with Gasteiger partial charge in [0.15, 0.2) is 11.6 Å². The Morgan fingerprint density at radius 3 is 2.46 bits per heavy atom. The van der Waals surface area contributed by atoms with E-state index in [0.29, 0.717) is 18.7 Å². The van der Waals surface area contributed by atoms with Crippen LogP contribution in [0.3, 0.4) is 0 Å². The molecular weight excluding hydrogens is 343 g/mol. The minimum atomic E-state index is -4.33. The van der Waals surface area contributed by atoms with Crippen molar-refractivity contribution in [3.05, 3.63) is 46.7 Å². The van der Waals surface area contributed by atoms with E-state index in [1.165, 1.54) is 6.08 Å². The van der Waals surface area contributed by atoms with Gasteiger partial charge in [0, 0.05) is 33.2 Å². The SMILES string of the molecule is CN1CCN(C2=C3N(C)CN3C(=C3C=C(C(F)(F)F)C=CC3)C=N2)CC1. The lowest BCUT2D eigenvalue weighted by atomic mass is 9.98. The van der Waals surface area contributed by atoms with Crippen molar-refractivity contribution in [2.75, 3.05) is 46.9 Å². The van der Waals surface area contributed by atoms with Gasteiger partial charge in [0.05, 0.1) is 24.2 Å². The van der Waals surface area contributed by atoms with Crippen LogP contribution in [0.15, 0.2) is 51.7 Å². The molecule has 26 heavy (non-hydrogen) atoms. The van der Waals surface area contributed by atoms with E-state index in [0.717, 1.165) is 49.6 Å². The smallest absolute Gasteiger partial charge is 0.351 e. The highest BCUT2D eigenvalue weighted by Gasteiger charge is 2.38. The van der Waals surface area contributed by atoms with E-state index >= 15 is 0 Å². The maximum Gasteiger partial charge on any atom is 0.416 e. The Hall–Kier alpha value is -2.22. The highest BCUT2D eigenvalue weighted by molar-refractivity contribution is 5.83. The van der Waals surface area contributed by atoms with Gasteiger partial charge in [0.2, 0.25) is 0 Å². The number of piperazine rings is 1. The van der Waals surface area contributed by atoms with Crippen molar-refractivity contribution in [1.82, 2.24) is 19.6 Å². The van der Waals surface area contributed by atoms with Crippen molar-refractivity contribution in [3.8, 4) is 0 Å². The predicted octanol–water partition coefficient (Wildman–Crippen LogP) is 2.35. The predicted molar refractivity (Wildman–Crippen MR) is 94.0 cm³/mol. The number of alkyl halides is 3. The topological polar surface area (TPSA) is 25.3 Å². The van der Waals surface area contributed by atoms with E-state index in [1.54, 1.807) is 12.3 Å². The van der Waals surface area contributed by atoms with Crippen molar-refractivity contribution in [2.24, 2.45) is 4.99 Å². The molecule has 0 saturated carbocycles. The second-order valence-corrected chi connectivity index (χ2v) is 7.08. The third-order valence-electron chi connectivity index (χ3n) is 5.19. The molecule has 5 nitrogen and oxygen atoms in total. The molecule has 140 valence electrons. The van der Waals surface area contributed by atoms with Crippen LogP contribution in [0.2, 0.25) is 0 Å². The van der Waals surface area contributed by atoms with Gasteiger partial charge >= 0.3 is 6.18 Å². The Bertz CT molecular complexity index is 751. The van der Waals surface area contributed by atoms with Crippen LogP contribution in [0.4, 0.5) is 13.2 Å². The van der Waals surface area contributed by atoms with Gasteiger partial charge in [-0.25, -0.2) is 4.99 Å². The fourth-order valence-electron chi connectivity index (χ4n) is 3.67. The van der Waals surface area contributed by atoms with E-state index < -0.39 is 11.7 Å². The second kappa shape index (κ2) is 6.19. The van der Waals surface area contributed by atoms with Crippen LogP contribution in [-0.2, 0) is 0 Å². The molecule has 0 aromatic carbocycles. The third kappa shape index (κ3) is 2.92. The quantitative estimate of drug-likeness (QED) is 0.712. The van der Waals surface area contributed by atoms with Crippen molar-refractivity contribution in [2.45, 2.75) is 12.6 Å². The highest BCUT2D eigenvalue weighted by atomic mass is 19.4. The molecule has 4 rings (SSSR count). The van der Waals surface area contributed by atoms with Crippen molar-refractivity contribution < 1.29 is 13.2 Å². The summed E-state index contributed by atoms with van der Waals surface area (Å²) in [5.74, 6) is 1.90. The van der Waals surface area contributed by atoms with Crippen LogP contribution in [0, 0.1) is 0 Å². The second-order valence-electron chi connectivity index (χ2n) is 7.08. The lowest BCUT2D eigenvalue weighted by Gasteiger charge is -2.50. The molecule has 0 radical (unpaired) electrons. The van der Waals surface area contributed by atoms with Crippen LogP contribution in [0.25, 0.3) is 0 Å². The van der Waals surface area contributed by atoms with E-state index in [4.69, 9.17) is 0 Å². The Labute approximate surface area is 151 Å². The Morgan fingerprint density at radius 2 is 1.81 bits per heavy atom. The summed E-state index contributed by atoms with van der Waals surface area (Å²) in [6.45, 7) is 4.43. The number of likely N-dealkylation sites (N-methyl/N-ethyl adjacent to an activating group) is 1. The summed E-state index contributed by atoms with van der Waals surface area (Å²) in [6, 6.07) is 0. The zero-order valence-electron chi connectivity index (χ0n) is 14.9. The van der Waals surface area contributed by atoms with E-state index in [9.17, 15) is 13.2 Å². The fraction of sp³-hybridized carbons (Fsp3) is 0.500. The number of allylic oxidation sites excluding steroid dienone is 6. The van der Waals surface area contributed by atoms with E-state index in [2.05, 4.69) is 31.6 Å². The summed E-state index contributed by atoms with van der Waals surface area (Å²) in [6.07, 6.45) is 1.85. The van der Waals surface area contributed by atoms with E-state index in [-0.39, 0.29) is 0 Å². The highest BCUT2D eigenvalue weighted by Crippen LogP contribution is 2.38. The number of aliphatic imine (C=N–C) groups is 1. The van der Waals surface area contributed by atoms with Crippen molar-refractivity contribution in [1.29, 1.82) is 0 Å². The average molecular weight is 365 g/mol. The third-order valence-corrected chi connectivity index (χ3v) is 5.19. The number of rotatable bonds is 1. The molecule has 8 heteroatoms. The van der Waals surface area contributed by atoms with Crippen LogP contribution in [0.5, 0.6) is 0 Å². The lowest BCUT2D eigenvalue weighted by molar-refractivity contribution is -0.0883. The zero-order valence-corrected chi connectivity index (χ0v) is 14.9. The number of halogens is 3. The Balaban J connectivity index is 1.65. The van der Waals surface area contributed by atoms with Gasteiger partial charge in [-0.1, -0.05) is 12.2 Å². The maximum atomic E-state index is 13.1. The van der Waals surface area contributed by atoms with Gasteiger partial charge < -0.3 is 19.6 Å². The zero-order chi connectivity index (χ0) is 18.5. The summed E-state index contributed by atoms with van der Waals surface area (Å²) in [4.78, 5) is 13.3. The van der Waals surface area contributed by atoms with Crippen LogP contribution in [-0.4, -0.2) is 78.9 Å². The molecule has 3 aliphatic heterocycles. The molecule has 0 unspecified atom stereocenters. The number of hydrogen-bond donors (Lipinski definition) is 0. The molecule has 0 atom stereocenters. The van der Waals surface area contributed by atoms with Crippen LogP contribution >= 0.6 is 0 Å². The Kier molecular flexibility index (Phi) is 4.10.